The molecule has 0 aromatic rings. The van der Waals surface area contributed by atoms with Crippen LogP contribution >= 0.6 is 0 Å². The van der Waals surface area contributed by atoms with Crippen LogP contribution in [0.15, 0.2) is 47.6 Å². The number of esters is 1. The summed E-state index contributed by atoms with van der Waals surface area (Å²) in [5.41, 5.74) is 0.670. The third kappa shape index (κ3) is 26.4. The van der Waals surface area contributed by atoms with Crippen LogP contribution in [0.5, 0.6) is 0 Å². The van der Waals surface area contributed by atoms with Crippen molar-refractivity contribution >= 4 is 5.97 Å². The summed E-state index contributed by atoms with van der Waals surface area (Å²) in [6.07, 6.45) is 6.19. The van der Waals surface area contributed by atoms with Crippen molar-refractivity contribution in [2.45, 2.75) is 339 Å². The minimum absolute atomic E-state index is 0.0192. The fraction of sp³-hybridized carbons (Fsp3) is 0.877. The van der Waals surface area contributed by atoms with Gasteiger partial charge in [-0.05, 0) is 141 Å². The summed E-state index contributed by atoms with van der Waals surface area (Å²) in [5, 5.41) is 106. The fourth-order valence-corrected chi connectivity index (χ4v) is 14.9. The van der Waals surface area contributed by atoms with E-state index in [0.29, 0.717) is 56.9 Å². The Kier molecular flexibility index (Phi) is 35.6. The van der Waals surface area contributed by atoms with Crippen molar-refractivity contribution in [1.82, 2.24) is 0 Å². The molecule has 20 heteroatoms. The van der Waals surface area contributed by atoms with E-state index < -0.39 is 127 Å². The van der Waals surface area contributed by atoms with Gasteiger partial charge in [0.05, 0.1) is 128 Å². The zero-order valence-corrected chi connectivity index (χ0v) is 59.2. The maximum absolute atomic E-state index is 14.2. The summed E-state index contributed by atoms with van der Waals surface area (Å²) < 4.78 is 61.6. The van der Waals surface area contributed by atoms with Crippen LogP contribution in [0.3, 0.4) is 0 Å². The molecule has 0 spiro atoms. The summed E-state index contributed by atoms with van der Waals surface area (Å²) in [6, 6.07) is 0. The lowest BCUT2D eigenvalue weighted by molar-refractivity contribution is -0.175. The van der Waals surface area contributed by atoms with Gasteiger partial charge in [-0.15, -0.1) is 0 Å². The molecule has 2 fully saturated rings. The largest absolute Gasteiger partial charge is 0.458 e. The van der Waals surface area contributed by atoms with Gasteiger partial charge < -0.3 is 93.3 Å². The highest BCUT2D eigenvalue weighted by molar-refractivity contribution is 5.87. The van der Waals surface area contributed by atoms with E-state index >= 15 is 0 Å². The Morgan fingerprint density at radius 3 is 1.44 bits per heavy atom. The van der Waals surface area contributed by atoms with E-state index in [1.54, 1.807) is 68.3 Å². The molecule has 5 heterocycles. The number of carbonyl (C=O) groups is 1. The van der Waals surface area contributed by atoms with Crippen LogP contribution < -0.4 is 0 Å². The van der Waals surface area contributed by atoms with Gasteiger partial charge in [0.25, 0.3) is 0 Å². The molecule has 93 heavy (non-hydrogen) atoms. The van der Waals surface area contributed by atoms with Crippen molar-refractivity contribution in [3.8, 4) is 0 Å². The smallest absolute Gasteiger partial charge is 0.333 e. The van der Waals surface area contributed by atoms with Crippen LogP contribution in [0.25, 0.3) is 0 Å². The highest BCUT2D eigenvalue weighted by atomic mass is 16.6. The number of carbonyl (C=O) groups excluding carboxylic acids is 1. The van der Waals surface area contributed by atoms with Crippen LogP contribution in [0.1, 0.15) is 198 Å². The maximum atomic E-state index is 14.2. The molecule has 0 aromatic carbocycles. The number of rotatable bonds is 16. The predicted octanol–water partition coefficient (Wildman–Crippen LogP) is 8.54. The number of methoxy groups -OCH3 is 4. The molecule has 0 saturated carbocycles. The Morgan fingerprint density at radius 2 is 0.935 bits per heavy atom. The van der Waals surface area contributed by atoms with Gasteiger partial charge in [0.2, 0.25) is 0 Å². The molecule has 30 atom stereocenters. The van der Waals surface area contributed by atoms with Crippen LogP contribution in [0.4, 0.5) is 0 Å². The molecule has 20 nitrogen and oxygen atoms in total. The molecule has 0 aliphatic carbocycles. The minimum Gasteiger partial charge on any atom is -0.458 e. The first kappa shape index (κ1) is 81.4. The molecule has 5 aliphatic heterocycles. The third-order valence-electron chi connectivity index (χ3n) is 21.4. The lowest BCUT2D eigenvalue weighted by Gasteiger charge is -2.39. The van der Waals surface area contributed by atoms with E-state index in [1.165, 1.54) is 0 Å². The van der Waals surface area contributed by atoms with Gasteiger partial charge in [-0.2, -0.15) is 0 Å². The standard InChI is InChI=1S/C73H128O20/c1-41(24-28-59-37-61(84-12)30-45(5)88-59)68(80)50(10)70-48(8)64(77)35-54(76)34-63(86-14)36-57-20-16-18-55(90-57)32-52(74)26-22-44(4)73(83)93-71(51(11)69(81)42(2)25-29-60-38-62(85-13)31-46(6)89-60)49(9)66(79)40-65(78)47(7)67(87-15)39-58-21-17-19-56(91-58)33-53(75)27-23-43(3)72(82)92-70/h16-19,22-23,41-42,45-72,74-82H,20-21,24-40H2,1-15H3. The first-order valence-corrected chi connectivity index (χ1v) is 35.4. The Hall–Kier alpha value is -2.29. The molecule has 2 saturated heterocycles. The Morgan fingerprint density at radius 1 is 0.484 bits per heavy atom. The SMILES string of the molecule is COC1CC(C)OC(CCC(C)C(O)C(C)C2OC(=O)C(C)=CCC(O)CC3C=CCC(CC(OC)CC(O)CC(O)C(C)C(C(C)C(O)C(C)CCC4CC(OC)CC(C)O4)OC(O)C(C)=CCC(O)CC4C=CCC(CC(OC)C(C)C(O)CC(O)C2C)O4)O3)C1. The normalized spacial score (nSPS) is 40.7. The molecular weight excluding hydrogens is 1200 g/mol. The molecule has 0 radical (unpaired) electrons. The molecule has 5 rings (SSSR count). The molecule has 0 amide bonds. The number of aliphatic hydroxyl groups is 9. The van der Waals surface area contributed by atoms with Crippen molar-refractivity contribution in [3.63, 3.8) is 0 Å². The Labute approximate surface area is 558 Å². The van der Waals surface area contributed by atoms with E-state index in [0.717, 1.165) is 25.7 Å². The number of cyclic esters (lactones) is 1. The summed E-state index contributed by atoms with van der Waals surface area (Å²) in [5.74, 6) is -4.25. The molecule has 0 aromatic heterocycles. The zero-order valence-electron chi connectivity index (χ0n) is 59.2. The lowest BCUT2D eigenvalue weighted by atomic mass is 9.78. The van der Waals surface area contributed by atoms with Gasteiger partial charge in [-0.3, -0.25) is 0 Å². The predicted molar refractivity (Wildman–Crippen MR) is 356 cm³/mol. The van der Waals surface area contributed by atoms with Crippen LogP contribution in [-0.4, -0.2) is 221 Å². The number of fused-ring (bicyclic) bond motifs is 4. The van der Waals surface area contributed by atoms with Crippen molar-refractivity contribution in [1.29, 1.82) is 0 Å². The highest BCUT2D eigenvalue weighted by Crippen LogP contribution is 2.37. The molecule has 9 N–H and O–H groups in total. The summed E-state index contributed by atoms with van der Waals surface area (Å²) in [6.45, 7) is 20.4. The minimum atomic E-state index is -1.46. The Balaban J connectivity index is 1.36. The zero-order chi connectivity index (χ0) is 68.8. The highest BCUT2D eigenvalue weighted by Gasteiger charge is 2.42. The molecule has 30 unspecified atom stereocenters. The van der Waals surface area contributed by atoms with Crippen molar-refractivity contribution < 1.29 is 98.1 Å². The van der Waals surface area contributed by atoms with E-state index in [1.807, 2.05) is 72.8 Å². The van der Waals surface area contributed by atoms with E-state index in [4.69, 9.17) is 47.4 Å². The molecule has 4 bridgehead atoms. The second kappa shape index (κ2) is 40.7. The van der Waals surface area contributed by atoms with E-state index in [9.17, 15) is 50.8 Å². The van der Waals surface area contributed by atoms with Crippen molar-refractivity contribution in [3.05, 3.63) is 47.6 Å². The summed E-state index contributed by atoms with van der Waals surface area (Å²) >= 11 is 0. The molecule has 5 aliphatic rings. The first-order valence-electron chi connectivity index (χ1n) is 35.4. The molecular formula is C73H128O20. The fourth-order valence-electron chi connectivity index (χ4n) is 14.9. The third-order valence-corrected chi connectivity index (χ3v) is 21.4. The van der Waals surface area contributed by atoms with Crippen LogP contribution in [0, 0.1) is 41.4 Å². The lowest BCUT2D eigenvalue weighted by Crippen LogP contribution is -2.46. The van der Waals surface area contributed by atoms with Crippen molar-refractivity contribution in [2.75, 3.05) is 28.4 Å². The van der Waals surface area contributed by atoms with Gasteiger partial charge in [-0.25, -0.2) is 4.79 Å². The average Bonchev–Trinajstić information content (AvgIpc) is 1.27. The van der Waals surface area contributed by atoms with Crippen LogP contribution in [-0.2, 0) is 52.2 Å². The number of hydrogen-bond acceptors (Lipinski definition) is 20. The number of aliphatic hydroxyl groups excluding tert-OH is 9. The average molecular weight is 1330 g/mol. The van der Waals surface area contributed by atoms with Gasteiger partial charge in [-0.1, -0.05) is 84.9 Å². The van der Waals surface area contributed by atoms with Gasteiger partial charge >= 0.3 is 5.97 Å². The number of hydrogen-bond donors (Lipinski definition) is 9. The number of ether oxygens (including phenoxy) is 10. The second-order valence-electron chi connectivity index (χ2n) is 29.2. The molecule has 540 valence electrons. The quantitative estimate of drug-likeness (QED) is 0.0517. The summed E-state index contributed by atoms with van der Waals surface area (Å²) in [4.78, 5) is 14.2. The summed E-state index contributed by atoms with van der Waals surface area (Å²) in [7, 11) is 6.57. The van der Waals surface area contributed by atoms with Gasteiger partial charge in [0.15, 0.2) is 6.29 Å². The van der Waals surface area contributed by atoms with Gasteiger partial charge in [0, 0.05) is 89.3 Å². The van der Waals surface area contributed by atoms with Gasteiger partial charge in [0.1, 0.15) is 6.10 Å². The van der Waals surface area contributed by atoms with Crippen molar-refractivity contribution in [2.24, 2.45) is 41.4 Å². The monoisotopic (exact) mass is 1320 g/mol. The van der Waals surface area contributed by atoms with E-state index in [2.05, 4.69) is 0 Å². The van der Waals surface area contributed by atoms with E-state index in [-0.39, 0.29) is 111 Å². The Bertz CT molecular complexity index is 2230. The maximum Gasteiger partial charge on any atom is 0.333 e. The van der Waals surface area contributed by atoms with Crippen LogP contribution in [0.2, 0.25) is 0 Å². The second-order valence-corrected chi connectivity index (χ2v) is 29.2. The first-order chi connectivity index (χ1) is 44.0. The topological polar surface area (TPSA) is 291 Å².